The molecule has 0 saturated carbocycles. The number of hydrogen-bond acceptors (Lipinski definition) is 2. The van der Waals surface area contributed by atoms with Crippen molar-refractivity contribution in [3.05, 3.63) is 186 Å². The highest BCUT2D eigenvalue weighted by molar-refractivity contribution is 6.18. The molecular weight excluding hydrogens is 771 g/mol. The van der Waals surface area contributed by atoms with Crippen molar-refractivity contribution in [2.45, 2.75) is 27.7 Å². The van der Waals surface area contributed by atoms with Gasteiger partial charge in [0.2, 0.25) is 0 Å². The molecule has 0 unspecified atom stereocenters. The lowest BCUT2D eigenvalue weighted by atomic mass is 9.94. The summed E-state index contributed by atoms with van der Waals surface area (Å²) in [7, 11) is 0. The number of para-hydroxylation sites is 2. The van der Waals surface area contributed by atoms with E-state index in [0.29, 0.717) is 0 Å². The Morgan fingerprint density at radius 2 is 0.825 bits per heavy atom. The van der Waals surface area contributed by atoms with Gasteiger partial charge in [-0.05, 0) is 170 Å². The lowest BCUT2D eigenvalue weighted by molar-refractivity contribution is 0.475. The normalized spacial score (nSPS) is 12.7. The number of fused-ring (bicyclic) bond motifs is 13. The van der Waals surface area contributed by atoms with Crippen molar-refractivity contribution >= 4 is 65.4 Å². The van der Waals surface area contributed by atoms with Crippen LogP contribution in [-0.2, 0) is 0 Å². The van der Waals surface area contributed by atoms with Gasteiger partial charge in [-0.3, -0.25) is 0 Å². The Kier molecular flexibility index (Phi) is 6.77. The summed E-state index contributed by atoms with van der Waals surface area (Å²) in [5, 5.41) is 7.24. The summed E-state index contributed by atoms with van der Waals surface area (Å²) in [4.78, 5) is 0. The van der Waals surface area contributed by atoms with Gasteiger partial charge in [-0.25, -0.2) is 0 Å². The third kappa shape index (κ3) is 4.76. The van der Waals surface area contributed by atoms with Gasteiger partial charge in [0.15, 0.2) is 23.0 Å². The summed E-state index contributed by atoms with van der Waals surface area (Å²) in [6.07, 6.45) is 0. The first-order chi connectivity index (χ1) is 30.8. The predicted molar refractivity (Wildman–Crippen MR) is 259 cm³/mol. The number of hydrogen-bond donors (Lipinski definition) is 0. The second kappa shape index (κ2) is 12.3. The minimum atomic E-state index is 0.887. The summed E-state index contributed by atoms with van der Waals surface area (Å²) in [5.41, 5.74) is 19.6. The fraction of sp³-hybridized carbons (Fsp3) is 0.0690. The standard InChI is InChI=1S/C58H39N3O2/c1-32-14-18-50-52(24-32)62-54-26-34(3)22-44-42-28-36(16-20-48(42)60(50)57(44)54)38-30-41(56-46(31-38)40-12-8-9-13-47(40)59(56)39-10-6-5-7-11-39)37-17-21-49-43(29-37)45-23-35(4)27-55-58(45)61(49)51-19-15-33(2)25-53(51)63-55/h5-31H,1-4H3. The van der Waals surface area contributed by atoms with E-state index in [4.69, 9.17) is 9.47 Å². The topological polar surface area (TPSA) is 33.2 Å². The molecule has 0 radical (unpaired) electrons. The van der Waals surface area contributed by atoms with Crippen LogP contribution >= 0.6 is 0 Å². The van der Waals surface area contributed by atoms with Gasteiger partial charge < -0.3 is 23.2 Å². The molecule has 0 bridgehead atoms. The maximum atomic E-state index is 6.65. The van der Waals surface area contributed by atoms with Crippen LogP contribution in [0.5, 0.6) is 23.0 Å². The first kappa shape index (κ1) is 34.7. The Labute approximate surface area is 363 Å². The summed E-state index contributed by atoms with van der Waals surface area (Å²) in [6, 6.07) is 60.5. The van der Waals surface area contributed by atoms with E-state index in [2.05, 4.69) is 205 Å². The molecule has 3 aromatic heterocycles. The molecule has 0 N–H and O–H groups in total. The number of aryl methyl sites for hydroxylation is 4. The highest BCUT2D eigenvalue weighted by Crippen LogP contribution is 2.50. The van der Waals surface area contributed by atoms with Crippen molar-refractivity contribution in [1.29, 1.82) is 0 Å². The molecular formula is C58H39N3O2. The van der Waals surface area contributed by atoms with E-state index in [-0.39, 0.29) is 0 Å². The number of ether oxygens (including phenoxy) is 2. The van der Waals surface area contributed by atoms with E-state index in [1.807, 2.05) is 0 Å². The van der Waals surface area contributed by atoms with Crippen LogP contribution in [-0.4, -0.2) is 13.7 Å². The van der Waals surface area contributed by atoms with Crippen molar-refractivity contribution in [2.75, 3.05) is 0 Å². The second-order valence-corrected chi connectivity index (χ2v) is 17.7. The van der Waals surface area contributed by atoms with Crippen molar-refractivity contribution in [2.24, 2.45) is 0 Å². The molecule has 2 aliphatic heterocycles. The van der Waals surface area contributed by atoms with Crippen molar-refractivity contribution < 1.29 is 9.47 Å². The average molecular weight is 810 g/mol. The van der Waals surface area contributed by atoms with Gasteiger partial charge in [0.05, 0.1) is 44.5 Å². The van der Waals surface area contributed by atoms with E-state index in [0.717, 1.165) is 56.7 Å². The Morgan fingerprint density at radius 3 is 1.46 bits per heavy atom. The maximum Gasteiger partial charge on any atom is 0.152 e. The largest absolute Gasteiger partial charge is 0.453 e. The summed E-state index contributed by atoms with van der Waals surface area (Å²) >= 11 is 0. The molecule has 298 valence electrons. The molecule has 12 aromatic rings. The summed E-state index contributed by atoms with van der Waals surface area (Å²) in [5.74, 6) is 3.57. The maximum absolute atomic E-state index is 6.65. The molecule has 2 aliphatic rings. The van der Waals surface area contributed by atoms with Gasteiger partial charge in [-0.15, -0.1) is 0 Å². The zero-order chi connectivity index (χ0) is 41.8. The number of benzene rings is 9. The third-order valence-electron chi connectivity index (χ3n) is 13.5. The monoisotopic (exact) mass is 809 g/mol. The lowest BCUT2D eigenvalue weighted by Crippen LogP contribution is -2.04. The van der Waals surface area contributed by atoms with Gasteiger partial charge >= 0.3 is 0 Å². The highest BCUT2D eigenvalue weighted by Gasteiger charge is 2.28. The predicted octanol–water partition coefficient (Wildman–Crippen LogP) is 15.8. The first-order valence-corrected chi connectivity index (χ1v) is 21.7. The van der Waals surface area contributed by atoms with Gasteiger partial charge in [0, 0.05) is 43.6 Å². The molecule has 14 rings (SSSR count). The number of rotatable bonds is 3. The van der Waals surface area contributed by atoms with Crippen LogP contribution in [0.2, 0.25) is 0 Å². The SMILES string of the molecule is Cc1ccc2c(c1)Oc1cc(C)cc3c4cc(-c5cc(-c6ccc7c(c6)c6cc(C)cc8c6n7-c6ccc(C)cc6O8)c6c(c5)c5ccccc5n6-c5ccccc5)ccc4n-2c13. The molecule has 9 aromatic carbocycles. The van der Waals surface area contributed by atoms with Crippen LogP contribution in [0.3, 0.4) is 0 Å². The van der Waals surface area contributed by atoms with Crippen LogP contribution in [0.15, 0.2) is 164 Å². The first-order valence-electron chi connectivity index (χ1n) is 21.7. The van der Waals surface area contributed by atoms with E-state index in [1.54, 1.807) is 0 Å². The fourth-order valence-corrected chi connectivity index (χ4v) is 10.8. The Hall–Kier alpha value is -8.02. The van der Waals surface area contributed by atoms with E-state index >= 15 is 0 Å². The second-order valence-electron chi connectivity index (χ2n) is 17.7. The summed E-state index contributed by atoms with van der Waals surface area (Å²) in [6.45, 7) is 8.56. The van der Waals surface area contributed by atoms with Crippen LogP contribution in [0.1, 0.15) is 22.3 Å². The Morgan fingerprint density at radius 1 is 0.317 bits per heavy atom. The van der Waals surface area contributed by atoms with E-state index in [1.165, 1.54) is 93.3 Å². The molecule has 63 heavy (non-hydrogen) atoms. The van der Waals surface area contributed by atoms with E-state index in [9.17, 15) is 0 Å². The Bertz CT molecular complexity index is 4010. The molecule has 0 spiro atoms. The number of nitrogens with zero attached hydrogens (tertiary/aromatic N) is 3. The zero-order valence-electron chi connectivity index (χ0n) is 35.2. The van der Waals surface area contributed by atoms with Gasteiger partial charge in [0.25, 0.3) is 0 Å². The van der Waals surface area contributed by atoms with Crippen molar-refractivity contribution in [1.82, 2.24) is 13.7 Å². The molecule has 5 heterocycles. The highest BCUT2D eigenvalue weighted by atomic mass is 16.5. The molecule has 5 nitrogen and oxygen atoms in total. The minimum absolute atomic E-state index is 0.887. The molecule has 0 saturated heterocycles. The smallest absolute Gasteiger partial charge is 0.152 e. The van der Waals surface area contributed by atoms with Crippen molar-refractivity contribution in [3.8, 4) is 62.3 Å². The summed E-state index contributed by atoms with van der Waals surface area (Å²) < 4.78 is 20.5. The van der Waals surface area contributed by atoms with Gasteiger partial charge in [-0.2, -0.15) is 0 Å². The quantitative estimate of drug-likeness (QED) is 0.178. The molecule has 5 heteroatoms. The van der Waals surface area contributed by atoms with Gasteiger partial charge in [-0.1, -0.05) is 60.7 Å². The molecule has 0 amide bonds. The third-order valence-corrected chi connectivity index (χ3v) is 13.5. The molecule has 0 atom stereocenters. The fourth-order valence-electron chi connectivity index (χ4n) is 10.8. The van der Waals surface area contributed by atoms with Crippen LogP contribution in [0.25, 0.3) is 105 Å². The molecule has 0 aliphatic carbocycles. The average Bonchev–Trinajstić information content (AvgIpc) is 3.92. The van der Waals surface area contributed by atoms with Gasteiger partial charge in [0.1, 0.15) is 0 Å². The number of aromatic nitrogens is 3. The van der Waals surface area contributed by atoms with Crippen molar-refractivity contribution in [3.63, 3.8) is 0 Å². The Balaban J connectivity index is 1.07. The van der Waals surface area contributed by atoms with E-state index < -0.39 is 0 Å². The van der Waals surface area contributed by atoms with Crippen LogP contribution in [0, 0.1) is 27.7 Å². The van der Waals surface area contributed by atoms with Crippen LogP contribution in [0.4, 0.5) is 0 Å². The lowest BCUT2D eigenvalue weighted by Gasteiger charge is -2.21. The molecule has 0 fully saturated rings. The minimum Gasteiger partial charge on any atom is -0.453 e. The van der Waals surface area contributed by atoms with Crippen LogP contribution < -0.4 is 9.47 Å². The zero-order valence-corrected chi connectivity index (χ0v) is 35.2.